The number of hydrogen-bond donors (Lipinski definition) is 1. The molecule has 0 spiro atoms. The fourth-order valence-electron chi connectivity index (χ4n) is 3.85. The molecule has 1 fully saturated rings. The number of likely N-dealkylation sites (tertiary alicyclic amines) is 1. The summed E-state index contributed by atoms with van der Waals surface area (Å²) in [4.78, 5) is 28.7. The molecule has 1 saturated heterocycles. The van der Waals surface area contributed by atoms with E-state index in [4.69, 9.17) is 11.6 Å². The smallest absolute Gasteiger partial charge is 0.262 e. The lowest BCUT2D eigenvalue weighted by Crippen LogP contribution is -2.53. The van der Waals surface area contributed by atoms with Gasteiger partial charge in [-0.3, -0.25) is 9.59 Å². The first-order valence-corrected chi connectivity index (χ1v) is 11.0. The number of carbonyl (C=O) groups is 2. The normalized spacial score (nSPS) is 14.7. The van der Waals surface area contributed by atoms with Crippen LogP contribution in [0.25, 0.3) is 12.8 Å². The zero-order valence-corrected chi connectivity index (χ0v) is 19.8. The lowest BCUT2D eigenvalue weighted by Gasteiger charge is -2.41. The van der Waals surface area contributed by atoms with Crippen LogP contribution < -0.4 is 15.8 Å². The van der Waals surface area contributed by atoms with Crippen LogP contribution in [-0.4, -0.2) is 60.8 Å². The molecular formula is C25H28ClF2N3O2. The van der Waals surface area contributed by atoms with Crippen LogP contribution >= 0.6 is 11.6 Å². The summed E-state index contributed by atoms with van der Waals surface area (Å²) >= 11 is 5.88. The molecule has 3 rings (SSSR count). The molecule has 33 heavy (non-hydrogen) atoms. The number of hydrogen-bond acceptors (Lipinski definition) is 3. The minimum absolute atomic E-state index is 0.0122. The minimum atomic E-state index is -2.98. The van der Waals surface area contributed by atoms with E-state index in [9.17, 15) is 18.4 Å². The Morgan fingerprint density at radius 2 is 1.88 bits per heavy atom. The van der Waals surface area contributed by atoms with Gasteiger partial charge in [0.2, 0.25) is 0 Å². The van der Waals surface area contributed by atoms with Crippen molar-refractivity contribution in [2.45, 2.75) is 19.8 Å². The number of alkyl halides is 2. The molecule has 0 aromatic heterocycles. The van der Waals surface area contributed by atoms with Crippen LogP contribution in [0.4, 0.5) is 8.78 Å². The number of halogens is 3. The zero-order valence-electron chi connectivity index (χ0n) is 19.0. The summed E-state index contributed by atoms with van der Waals surface area (Å²) in [5.74, 6) is -3.21. The van der Waals surface area contributed by atoms with Gasteiger partial charge in [-0.05, 0) is 48.0 Å². The van der Waals surface area contributed by atoms with Gasteiger partial charge in [-0.25, -0.2) is 8.78 Å². The van der Waals surface area contributed by atoms with Crippen LogP contribution in [0.3, 0.4) is 0 Å². The summed E-state index contributed by atoms with van der Waals surface area (Å²) in [7, 11) is 1.92. The molecule has 1 heterocycles. The fourth-order valence-corrected chi connectivity index (χ4v) is 3.97. The molecule has 1 aliphatic heterocycles. The third kappa shape index (κ3) is 6.32. The molecule has 5 nitrogen and oxygen atoms in total. The van der Waals surface area contributed by atoms with Crippen LogP contribution in [0.5, 0.6) is 0 Å². The molecule has 176 valence electrons. The lowest BCUT2D eigenvalue weighted by atomic mass is 9.98. The molecule has 0 saturated carbocycles. The van der Waals surface area contributed by atoms with Gasteiger partial charge in [0.1, 0.15) is 0 Å². The fraction of sp³-hybridized carbons (Fsp3) is 0.360. The van der Waals surface area contributed by atoms with E-state index in [2.05, 4.69) is 11.9 Å². The Hall–Kier alpha value is -2.93. The van der Waals surface area contributed by atoms with E-state index in [-0.39, 0.29) is 5.91 Å². The Bertz CT molecular complexity index is 1140. The number of benzene rings is 2. The van der Waals surface area contributed by atoms with E-state index in [1.807, 2.05) is 18.1 Å². The second-order valence-corrected chi connectivity index (χ2v) is 9.15. The van der Waals surface area contributed by atoms with Crippen LogP contribution in [0.2, 0.25) is 5.02 Å². The summed E-state index contributed by atoms with van der Waals surface area (Å²) in [5.41, 5.74) is 1.64. The average Bonchev–Trinajstić information content (AvgIpc) is 2.71. The molecule has 2 aromatic carbocycles. The first-order valence-electron chi connectivity index (χ1n) is 10.7. The van der Waals surface area contributed by atoms with Crippen molar-refractivity contribution in [3.05, 3.63) is 68.5 Å². The van der Waals surface area contributed by atoms with E-state index in [1.54, 1.807) is 48.2 Å². The number of nitrogens with zero attached hydrogens (tertiary/aromatic N) is 2. The van der Waals surface area contributed by atoms with Crippen molar-refractivity contribution in [3.8, 4) is 0 Å². The Kier molecular flexibility index (Phi) is 7.42. The van der Waals surface area contributed by atoms with Crippen molar-refractivity contribution in [2.24, 2.45) is 5.92 Å². The monoisotopic (exact) mass is 475 g/mol. The summed E-state index contributed by atoms with van der Waals surface area (Å²) < 4.78 is 26.2. The van der Waals surface area contributed by atoms with Crippen molar-refractivity contribution in [2.75, 3.05) is 33.2 Å². The first kappa shape index (κ1) is 24.7. The van der Waals surface area contributed by atoms with Gasteiger partial charge in [0.05, 0.1) is 6.54 Å². The van der Waals surface area contributed by atoms with Gasteiger partial charge in [0.25, 0.3) is 17.7 Å². The molecule has 2 aromatic rings. The summed E-state index contributed by atoms with van der Waals surface area (Å²) in [6.07, 6.45) is 1.91. The van der Waals surface area contributed by atoms with Gasteiger partial charge in [0, 0.05) is 67.1 Å². The molecule has 1 N–H and O–H groups in total. The Morgan fingerprint density at radius 3 is 2.48 bits per heavy atom. The topological polar surface area (TPSA) is 52.7 Å². The van der Waals surface area contributed by atoms with Gasteiger partial charge in [-0.2, -0.15) is 0 Å². The molecule has 0 bridgehead atoms. The van der Waals surface area contributed by atoms with Gasteiger partial charge >= 0.3 is 0 Å². The van der Waals surface area contributed by atoms with Gasteiger partial charge in [-0.15, -0.1) is 0 Å². The zero-order chi connectivity index (χ0) is 24.3. The van der Waals surface area contributed by atoms with Gasteiger partial charge in [-0.1, -0.05) is 24.2 Å². The Morgan fingerprint density at radius 1 is 1.24 bits per heavy atom. The van der Waals surface area contributed by atoms with Crippen molar-refractivity contribution < 1.29 is 18.4 Å². The molecule has 2 amide bonds. The largest absolute Gasteiger partial charge is 0.380 e. The highest BCUT2D eigenvalue weighted by molar-refractivity contribution is 6.30. The van der Waals surface area contributed by atoms with Crippen LogP contribution in [0, 0.1) is 12.8 Å². The third-order valence-corrected chi connectivity index (χ3v) is 5.89. The van der Waals surface area contributed by atoms with Crippen molar-refractivity contribution in [1.29, 1.82) is 0 Å². The number of carbonyl (C=O) groups excluding carboxylic acids is 2. The highest BCUT2D eigenvalue weighted by atomic mass is 35.5. The third-order valence-electron chi connectivity index (χ3n) is 5.64. The number of nitrogens with one attached hydrogen (secondary N) is 1. The van der Waals surface area contributed by atoms with Gasteiger partial charge < -0.3 is 15.1 Å². The number of rotatable bonds is 7. The first-order chi connectivity index (χ1) is 15.4. The predicted octanol–water partition coefficient (Wildman–Crippen LogP) is 2.89. The van der Waals surface area contributed by atoms with Crippen LogP contribution in [0.15, 0.2) is 36.4 Å². The maximum absolute atomic E-state index is 13.1. The average molecular weight is 476 g/mol. The van der Waals surface area contributed by atoms with Gasteiger partial charge in [0.15, 0.2) is 0 Å². The maximum Gasteiger partial charge on any atom is 0.262 e. The summed E-state index contributed by atoms with van der Waals surface area (Å²) in [5, 5.41) is 4.39. The SMILES string of the molecule is C=c1ccc(C(=O)NCC(C)(F)F)c(C)/c1=C/N(C)CC1CN(C(=O)c2ccc(Cl)cc2)C1. The maximum atomic E-state index is 13.1. The van der Waals surface area contributed by atoms with Crippen LogP contribution in [-0.2, 0) is 0 Å². The van der Waals surface area contributed by atoms with Crippen molar-refractivity contribution in [1.82, 2.24) is 15.1 Å². The van der Waals surface area contributed by atoms with Crippen LogP contribution in [0.1, 0.15) is 33.2 Å². The van der Waals surface area contributed by atoms with E-state index < -0.39 is 18.4 Å². The molecule has 0 unspecified atom stereocenters. The van der Waals surface area contributed by atoms with Crippen molar-refractivity contribution >= 4 is 36.2 Å². The van der Waals surface area contributed by atoms with E-state index in [0.29, 0.717) is 40.7 Å². The molecule has 1 aliphatic rings. The standard InChI is InChI=1S/C25H28ClF2N3O2/c1-16-5-10-21(23(32)29-15-25(3,27)28)17(2)22(16)14-30(4)11-18-12-31(13-18)24(33)19-6-8-20(26)9-7-19/h5-10,14,18H,1,11-13,15H2,2-4H3,(H,29,32)/b22-14+. The van der Waals surface area contributed by atoms with E-state index in [0.717, 1.165) is 23.9 Å². The minimum Gasteiger partial charge on any atom is -0.380 e. The molecule has 8 heteroatoms. The summed E-state index contributed by atoms with van der Waals surface area (Å²) in [6, 6.07) is 10.2. The quantitative estimate of drug-likeness (QED) is 0.670. The highest BCUT2D eigenvalue weighted by Gasteiger charge is 2.31. The predicted molar refractivity (Wildman–Crippen MR) is 127 cm³/mol. The molecule has 0 aliphatic carbocycles. The lowest BCUT2D eigenvalue weighted by molar-refractivity contribution is 0.0220. The highest BCUT2D eigenvalue weighted by Crippen LogP contribution is 2.20. The Labute approximate surface area is 197 Å². The molecule has 0 radical (unpaired) electrons. The van der Waals surface area contributed by atoms with E-state index in [1.165, 1.54) is 0 Å². The summed E-state index contributed by atoms with van der Waals surface area (Å²) in [6.45, 7) is 7.90. The second-order valence-electron chi connectivity index (χ2n) is 8.72. The molecular weight excluding hydrogens is 448 g/mol. The van der Waals surface area contributed by atoms with Crippen molar-refractivity contribution in [3.63, 3.8) is 0 Å². The second kappa shape index (κ2) is 9.91. The molecule has 0 atom stereocenters. The Balaban J connectivity index is 1.64. The number of amides is 2. The van der Waals surface area contributed by atoms with E-state index >= 15 is 0 Å².